The number of carbonyl (C=O) groups is 1. The van der Waals surface area contributed by atoms with Gasteiger partial charge in [0.15, 0.2) is 0 Å². The summed E-state index contributed by atoms with van der Waals surface area (Å²) in [7, 11) is 0. The summed E-state index contributed by atoms with van der Waals surface area (Å²) in [6, 6.07) is 0.431. The lowest BCUT2D eigenvalue weighted by atomic mass is 10.1. The van der Waals surface area contributed by atoms with E-state index in [4.69, 9.17) is 12.8 Å². The van der Waals surface area contributed by atoms with Crippen molar-refractivity contribution in [2.75, 3.05) is 13.1 Å². The van der Waals surface area contributed by atoms with Crippen molar-refractivity contribution in [3.05, 3.63) is 0 Å². The van der Waals surface area contributed by atoms with Crippen LogP contribution in [0.15, 0.2) is 0 Å². The molecule has 1 fully saturated rings. The zero-order valence-electron chi connectivity index (χ0n) is 6.67. The standard InChI is InChI=1S/C7H13N2OS/c1-6(10)9-4-2-7(8-11)3-5-9/h7-8H,2-5H2,1H3/q-1. The van der Waals surface area contributed by atoms with E-state index in [0.717, 1.165) is 25.9 Å². The van der Waals surface area contributed by atoms with E-state index < -0.39 is 0 Å². The summed E-state index contributed by atoms with van der Waals surface area (Å²) in [4.78, 5) is 12.7. The first-order valence-electron chi connectivity index (χ1n) is 3.87. The second-order valence-electron chi connectivity index (χ2n) is 2.90. The van der Waals surface area contributed by atoms with E-state index in [1.54, 1.807) is 6.92 Å². The van der Waals surface area contributed by atoms with Crippen molar-refractivity contribution in [2.45, 2.75) is 25.8 Å². The molecular weight excluding hydrogens is 160 g/mol. The highest BCUT2D eigenvalue weighted by Gasteiger charge is 2.17. The molecule has 0 aromatic heterocycles. The number of hydrogen-bond acceptors (Lipinski definition) is 3. The molecule has 0 unspecified atom stereocenters. The Morgan fingerprint density at radius 1 is 1.55 bits per heavy atom. The van der Waals surface area contributed by atoms with Crippen molar-refractivity contribution in [3.63, 3.8) is 0 Å². The van der Waals surface area contributed by atoms with Crippen molar-refractivity contribution >= 4 is 18.7 Å². The molecule has 0 aromatic carbocycles. The molecule has 1 amide bonds. The van der Waals surface area contributed by atoms with Crippen LogP contribution >= 0.6 is 0 Å². The quantitative estimate of drug-likeness (QED) is 0.569. The van der Waals surface area contributed by atoms with Gasteiger partial charge in [-0.05, 0) is 18.9 Å². The predicted octanol–water partition coefficient (Wildman–Crippen LogP) is 0.0488. The predicted molar refractivity (Wildman–Crippen MR) is 45.8 cm³/mol. The lowest BCUT2D eigenvalue weighted by Crippen LogP contribution is -2.42. The van der Waals surface area contributed by atoms with E-state index in [9.17, 15) is 4.79 Å². The maximum atomic E-state index is 10.9. The van der Waals surface area contributed by atoms with Gasteiger partial charge < -0.3 is 22.4 Å². The van der Waals surface area contributed by atoms with Gasteiger partial charge in [0, 0.05) is 20.0 Å². The fourth-order valence-electron chi connectivity index (χ4n) is 1.31. The Morgan fingerprint density at radius 2 is 2.09 bits per heavy atom. The minimum absolute atomic E-state index is 0.174. The van der Waals surface area contributed by atoms with Crippen LogP contribution in [0.25, 0.3) is 0 Å². The van der Waals surface area contributed by atoms with Gasteiger partial charge >= 0.3 is 0 Å². The summed E-state index contributed by atoms with van der Waals surface area (Å²) in [5.74, 6) is 0.174. The third-order valence-corrected chi connectivity index (χ3v) is 2.44. The topological polar surface area (TPSA) is 32.3 Å². The Balaban J connectivity index is 2.30. The van der Waals surface area contributed by atoms with Crippen molar-refractivity contribution in [3.8, 4) is 0 Å². The average Bonchev–Trinajstić information content (AvgIpc) is 2.05. The number of nitrogens with zero attached hydrogens (tertiary/aromatic N) is 1. The molecule has 0 radical (unpaired) electrons. The highest BCUT2D eigenvalue weighted by Crippen LogP contribution is 2.09. The van der Waals surface area contributed by atoms with Gasteiger partial charge in [0.25, 0.3) is 0 Å². The average molecular weight is 173 g/mol. The summed E-state index contributed by atoms with van der Waals surface area (Å²) in [5, 5.41) is 0. The number of amides is 1. The van der Waals surface area contributed by atoms with Gasteiger partial charge in [-0.25, -0.2) is 0 Å². The molecule has 3 nitrogen and oxygen atoms in total. The Bertz CT molecular complexity index is 143. The van der Waals surface area contributed by atoms with E-state index in [2.05, 4.69) is 4.72 Å². The molecule has 0 spiro atoms. The molecule has 0 aliphatic carbocycles. The zero-order chi connectivity index (χ0) is 8.27. The van der Waals surface area contributed by atoms with Crippen LogP contribution in [0.1, 0.15) is 19.8 Å². The first kappa shape index (κ1) is 8.87. The van der Waals surface area contributed by atoms with Crippen LogP contribution < -0.4 is 4.72 Å². The van der Waals surface area contributed by atoms with Crippen molar-refractivity contribution in [1.82, 2.24) is 9.62 Å². The molecule has 1 aliphatic rings. The summed E-state index contributed by atoms with van der Waals surface area (Å²) in [6.45, 7) is 3.31. The van der Waals surface area contributed by atoms with E-state index >= 15 is 0 Å². The number of likely N-dealkylation sites (tertiary alicyclic amines) is 1. The molecule has 0 aromatic rings. The van der Waals surface area contributed by atoms with Crippen molar-refractivity contribution < 1.29 is 4.79 Å². The van der Waals surface area contributed by atoms with Crippen LogP contribution in [-0.4, -0.2) is 29.9 Å². The van der Waals surface area contributed by atoms with Gasteiger partial charge in [0.2, 0.25) is 5.91 Å². The molecule has 0 atom stereocenters. The van der Waals surface area contributed by atoms with Gasteiger partial charge in [-0.3, -0.25) is 4.79 Å². The maximum absolute atomic E-state index is 10.9. The van der Waals surface area contributed by atoms with Crippen LogP contribution in [0.5, 0.6) is 0 Å². The molecule has 0 saturated carbocycles. The Morgan fingerprint density at radius 3 is 2.45 bits per heavy atom. The highest BCUT2D eigenvalue weighted by atomic mass is 32.1. The molecule has 0 bridgehead atoms. The van der Waals surface area contributed by atoms with Gasteiger partial charge in [0.1, 0.15) is 0 Å². The first-order chi connectivity index (χ1) is 5.24. The monoisotopic (exact) mass is 173 g/mol. The lowest BCUT2D eigenvalue weighted by molar-refractivity contribution is -0.129. The molecular formula is C7H13N2OS-. The zero-order valence-corrected chi connectivity index (χ0v) is 7.49. The Labute approximate surface area is 72.7 Å². The first-order valence-corrected chi connectivity index (χ1v) is 4.28. The smallest absolute Gasteiger partial charge is 0.219 e. The van der Waals surface area contributed by atoms with E-state index in [-0.39, 0.29) is 5.91 Å². The molecule has 1 rings (SSSR count). The molecule has 1 N–H and O–H groups in total. The minimum Gasteiger partial charge on any atom is -0.705 e. The molecule has 1 aliphatic heterocycles. The number of carbonyl (C=O) groups excluding carboxylic acids is 1. The summed E-state index contributed by atoms with van der Waals surface area (Å²) in [6.07, 6.45) is 1.98. The van der Waals surface area contributed by atoms with Gasteiger partial charge in [-0.15, -0.1) is 0 Å². The normalized spacial score (nSPS) is 20.4. The number of piperidine rings is 1. The molecule has 1 heterocycles. The van der Waals surface area contributed by atoms with Crippen LogP contribution in [-0.2, 0) is 17.6 Å². The van der Waals surface area contributed by atoms with Crippen LogP contribution in [0.3, 0.4) is 0 Å². The number of rotatable bonds is 1. The second-order valence-corrected chi connectivity index (χ2v) is 3.13. The molecule has 1 saturated heterocycles. The van der Waals surface area contributed by atoms with Crippen molar-refractivity contribution in [1.29, 1.82) is 0 Å². The van der Waals surface area contributed by atoms with E-state index in [1.807, 2.05) is 4.90 Å². The van der Waals surface area contributed by atoms with Crippen LogP contribution in [0, 0.1) is 0 Å². The van der Waals surface area contributed by atoms with E-state index in [0.29, 0.717) is 6.04 Å². The molecule has 11 heavy (non-hydrogen) atoms. The Kier molecular flexibility index (Phi) is 3.20. The maximum Gasteiger partial charge on any atom is 0.219 e. The van der Waals surface area contributed by atoms with Gasteiger partial charge in [-0.1, -0.05) is 0 Å². The molecule has 4 heteroatoms. The number of hydrogen-bond donors (Lipinski definition) is 1. The summed E-state index contributed by atoms with van der Waals surface area (Å²) in [5.41, 5.74) is 0. The van der Waals surface area contributed by atoms with Crippen LogP contribution in [0.2, 0.25) is 0 Å². The fourth-order valence-corrected chi connectivity index (χ4v) is 1.55. The Hall–Kier alpha value is -0.220. The third-order valence-electron chi connectivity index (χ3n) is 2.11. The second kappa shape index (κ2) is 3.97. The highest BCUT2D eigenvalue weighted by molar-refractivity contribution is 7.56. The third kappa shape index (κ3) is 2.38. The van der Waals surface area contributed by atoms with E-state index in [1.165, 1.54) is 0 Å². The summed E-state index contributed by atoms with van der Waals surface area (Å²) >= 11 is 4.72. The molecule has 64 valence electrons. The van der Waals surface area contributed by atoms with Crippen molar-refractivity contribution in [2.24, 2.45) is 0 Å². The van der Waals surface area contributed by atoms with Crippen LogP contribution in [0.4, 0.5) is 0 Å². The number of nitrogens with one attached hydrogen (secondary N) is 1. The fraction of sp³-hybridized carbons (Fsp3) is 0.857. The SMILES string of the molecule is CC(=O)N1CCC(N[S-])CC1. The lowest BCUT2D eigenvalue weighted by Gasteiger charge is -2.33. The minimum atomic E-state index is 0.174. The summed E-state index contributed by atoms with van der Waals surface area (Å²) < 4.78 is 2.81. The largest absolute Gasteiger partial charge is 0.705 e. The van der Waals surface area contributed by atoms with Gasteiger partial charge in [0.05, 0.1) is 0 Å². The van der Waals surface area contributed by atoms with Gasteiger partial charge in [-0.2, -0.15) is 0 Å².